The van der Waals surface area contributed by atoms with Gasteiger partial charge in [0, 0.05) is 45.1 Å². The lowest BCUT2D eigenvalue weighted by atomic mass is 10.2. The van der Waals surface area contributed by atoms with Crippen LogP contribution >= 0.6 is 0 Å². The van der Waals surface area contributed by atoms with Gasteiger partial charge in [-0.15, -0.1) is 0 Å². The molecule has 0 aromatic carbocycles. The molecular formula is C15H24N4O2. The summed E-state index contributed by atoms with van der Waals surface area (Å²) in [5, 5.41) is 6.17. The molecule has 1 fully saturated rings. The molecule has 2 N–H and O–H groups in total. The highest BCUT2D eigenvalue weighted by Gasteiger charge is 2.11. The van der Waals surface area contributed by atoms with Gasteiger partial charge in [0.2, 0.25) is 0 Å². The summed E-state index contributed by atoms with van der Waals surface area (Å²) in [6.07, 6.45) is 4.37. The number of morpholine rings is 1. The minimum Gasteiger partial charge on any atom is -0.384 e. The van der Waals surface area contributed by atoms with Crippen LogP contribution in [0.1, 0.15) is 23.7 Å². The first-order valence-electron chi connectivity index (χ1n) is 7.57. The van der Waals surface area contributed by atoms with Crippen molar-refractivity contribution in [2.45, 2.75) is 13.3 Å². The average molecular weight is 292 g/mol. The highest BCUT2D eigenvalue weighted by atomic mass is 16.5. The molecule has 0 unspecified atom stereocenters. The molecule has 0 spiro atoms. The van der Waals surface area contributed by atoms with Crippen LogP contribution in [0.25, 0.3) is 0 Å². The number of aromatic nitrogens is 1. The smallest absolute Gasteiger partial charge is 0.252 e. The van der Waals surface area contributed by atoms with E-state index in [0.717, 1.165) is 51.5 Å². The van der Waals surface area contributed by atoms with Gasteiger partial charge < -0.3 is 15.4 Å². The van der Waals surface area contributed by atoms with Gasteiger partial charge in [-0.2, -0.15) is 0 Å². The molecule has 0 aliphatic carbocycles. The molecule has 0 bridgehead atoms. The summed E-state index contributed by atoms with van der Waals surface area (Å²) in [5.74, 6) is -0.0732. The Hall–Kier alpha value is -1.66. The zero-order valence-electron chi connectivity index (χ0n) is 12.6. The minimum absolute atomic E-state index is 0.0732. The number of carbonyl (C=O) groups is 1. The fourth-order valence-corrected chi connectivity index (χ4v) is 2.18. The number of amides is 1. The van der Waals surface area contributed by atoms with E-state index < -0.39 is 0 Å². The number of hydrogen-bond acceptors (Lipinski definition) is 5. The van der Waals surface area contributed by atoms with Gasteiger partial charge in [0.25, 0.3) is 5.91 Å². The minimum atomic E-state index is -0.0732. The highest BCUT2D eigenvalue weighted by Crippen LogP contribution is 2.08. The van der Waals surface area contributed by atoms with E-state index in [1.54, 1.807) is 12.4 Å². The molecule has 1 aromatic rings. The maximum atomic E-state index is 12.1. The van der Waals surface area contributed by atoms with Gasteiger partial charge in [0.15, 0.2) is 0 Å². The quantitative estimate of drug-likeness (QED) is 0.784. The van der Waals surface area contributed by atoms with Crippen LogP contribution in [0.3, 0.4) is 0 Å². The summed E-state index contributed by atoms with van der Waals surface area (Å²) < 4.78 is 5.30. The summed E-state index contributed by atoms with van der Waals surface area (Å²) >= 11 is 0. The first kappa shape index (κ1) is 15.7. The van der Waals surface area contributed by atoms with E-state index in [0.29, 0.717) is 12.1 Å². The number of ether oxygens (including phenoxy) is 1. The number of rotatable bonds is 7. The summed E-state index contributed by atoms with van der Waals surface area (Å²) in [7, 11) is 0. The van der Waals surface area contributed by atoms with Gasteiger partial charge in [-0.25, -0.2) is 0 Å². The molecule has 1 aliphatic rings. The summed E-state index contributed by atoms with van der Waals surface area (Å²) in [4.78, 5) is 18.5. The van der Waals surface area contributed by atoms with Gasteiger partial charge in [0.05, 0.1) is 24.5 Å². The zero-order chi connectivity index (χ0) is 14.9. The Bertz CT molecular complexity index is 447. The maximum absolute atomic E-state index is 12.1. The molecule has 2 rings (SSSR count). The second-order valence-electron chi connectivity index (χ2n) is 5.10. The van der Waals surface area contributed by atoms with Crippen LogP contribution in [-0.4, -0.2) is 61.7 Å². The van der Waals surface area contributed by atoms with Crippen molar-refractivity contribution in [3.63, 3.8) is 0 Å². The monoisotopic (exact) mass is 292 g/mol. The number of carbonyl (C=O) groups excluding carboxylic acids is 1. The van der Waals surface area contributed by atoms with Gasteiger partial charge in [-0.1, -0.05) is 6.92 Å². The molecule has 1 saturated heterocycles. The average Bonchev–Trinajstić information content (AvgIpc) is 2.54. The van der Waals surface area contributed by atoms with Crippen LogP contribution in [-0.2, 0) is 4.74 Å². The van der Waals surface area contributed by atoms with Gasteiger partial charge in [-0.3, -0.25) is 14.7 Å². The second kappa shape index (κ2) is 8.59. The Morgan fingerprint density at radius 1 is 1.33 bits per heavy atom. The van der Waals surface area contributed by atoms with Gasteiger partial charge in [-0.05, 0) is 12.5 Å². The SMILES string of the molecule is CCCNc1cncc(C(=O)NCCN2CCOCC2)c1. The molecule has 6 heteroatoms. The number of pyridine rings is 1. The van der Waals surface area contributed by atoms with Crippen molar-refractivity contribution in [2.75, 3.05) is 51.3 Å². The van der Waals surface area contributed by atoms with E-state index in [2.05, 4.69) is 27.4 Å². The number of hydrogen-bond donors (Lipinski definition) is 2. The molecule has 0 saturated carbocycles. The third-order valence-corrected chi connectivity index (χ3v) is 3.40. The molecular weight excluding hydrogens is 268 g/mol. The Morgan fingerprint density at radius 3 is 2.90 bits per heavy atom. The van der Waals surface area contributed by atoms with Crippen molar-refractivity contribution in [1.29, 1.82) is 0 Å². The first-order chi connectivity index (χ1) is 10.3. The Labute approximate surface area is 125 Å². The maximum Gasteiger partial charge on any atom is 0.252 e. The van der Waals surface area contributed by atoms with E-state index in [4.69, 9.17) is 4.74 Å². The molecule has 0 radical (unpaired) electrons. The van der Waals surface area contributed by atoms with Crippen molar-refractivity contribution in [2.24, 2.45) is 0 Å². The normalized spacial score (nSPS) is 15.7. The topological polar surface area (TPSA) is 66.5 Å². The molecule has 1 aromatic heterocycles. The standard InChI is InChI=1S/C15H24N4O2/c1-2-3-17-14-10-13(11-16-12-14)15(20)18-4-5-19-6-8-21-9-7-19/h10-12,17H,2-9H2,1H3,(H,18,20). The number of nitrogens with zero attached hydrogens (tertiary/aromatic N) is 2. The molecule has 116 valence electrons. The predicted molar refractivity (Wildman–Crippen MR) is 82.6 cm³/mol. The Morgan fingerprint density at radius 2 is 2.14 bits per heavy atom. The van der Waals surface area contributed by atoms with Crippen molar-refractivity contribution < 1.29 is 9.53 Å². The van der Waals surface area contributed by atoms with Crippen LogP contribution < -0.4 is 10.6 Å². The zero-order valence-corrected chi connectivity index (χ0v) is 12.6. The lowest BCUT2D eigenvalue weighted by Crippen LogP contribution is -2.41. The van der Waals surface area contributed by atoms with Crippen molar-refractivity contribution in [1.82, 2.24) is 15.2 Å². The van der Waals surface area contributed by atoms with Crippen LogP contribution in [0, 0.1) is 0 Å². The van der Waals surface area contributed by atoms with Crippen molar-refractivity contribution in [3.8, 4) is 0 Å². The van der Waals surface area contributed by atoms with Crippen LogP contribution in [0.5, 0.6) is 0 Å². The highest BCUT2D eigenvalue weighted by molar-refractivity contribution is 5.94. The third kappa shape index (κ3) is 5.32. The molecule has 2 heterocycles. The van der Waals surface area contributed by atoms with Crippen LogP contribution in [0.4, 0.5) is 5.69 Å². The van der Waals surface area contributed by atoms with E-state index in [-0.39, 0.29) is 5.91 Å². The Kier molecular flexibility index (Phi) is 6.43. The van der Waals surface area contributed by atoms with Gasteiger partial charge in [0.1, 0.15) is 0 Å². The fraction of sp³-hybridized carbons (Fsp3) is 0.600. The van der Waals surface area contributed by atoms with E-state index in [1.165, 1.54) is 0 Å². The third-order valence-electron chi connectivity index (χ3n) is 3.40. The fourth-order valence-electron chi connectivity index (χ4n) is 2.18. The summed E-state index contributed by atoms with van der Waals surface area (Å²) in [6, 6.07) is 1.84. The second-order valence-corrected chi connectivity index (χ2v) is 5.10. The summed E-state index contributed by atoms with van der Waals surface area (Å²) in [6.45, 7) is 7.92. The van der Waals surface area contributed by atoms with E-state index >= 15 is 0 Å². The lowest BCUT2D eigenvalue weighted by Gasteiger charge is -2.26. The van der Waals surface area contributed by atoms with Crippen molar-refractivity contribution in [3.05, 3.63) is 24.0 Å². The van der Waals surface area contributed by atoms with Crippen molar-refractivity contribution >= 4 is 11.6 Å². The lowest BCUT2D eigenvalue weighted by molar-refractivity contribution is 0.0383. The molecule has 1 amide bonds. The molecule has 6 nitrogen and oxygen atoms in total. The molecule has 21 heavy (non-hydrogen) atoms. The van der Waals surface area contributed by atoms with E-state index in [1.807, 2.05) is 6.07 Å². The first-order valence-corrected chi connectivity index (χ1v) is 7.57. The van der Waals surface area contributed by atoms with Crippen LogP contribution in [0.2, 0.25) is 0 Å². The number of nitrogens with one attached hydrogen (secondary N) is 2. The summed E-state index contributed by atoms with van der Waals surface area (Å²) in [5.41, 5.74) is 1.48. The predicted octanol–water partition coefficient (Wildman–Crippen LogP) is 0.966. The molecule has 1 aliphatic heterocycles. The van der Waals surface area contributed by atoms with E-state index in [9.17, 15) is 4.79 Å². The van der Waals surface area contributed by atoms with Gasteiger partial charge >= 0.3 is 0 Å². The largest absolute Gasteiger partial charge is 0.384 e. The Balaban J connectivity index is 1.76. The number of anilines is 1. The van der Waals surface area contributed by atoms with Crippen LogP contribution in [0.15, 0.2) is 18.5 Å². The molecule has 0 atom stereocenters.